The number of carbonyl (C=O) groups is 1. The Kier molecular flexibility index (Phi) is 6.87. The zero-order valence-corrected chi connectivity index (χ0v) is 16.2. The fraction of sp³-hybridized carbons (Fsp3) is 0.182. The molecular formula is C22H21ClN2O3. The Balaban J connectivity index is 1.55. The van der Waals surface area contributed by atoms with E-state index in [9.17, 15) is 4.79 Å². The minimum Gasteiger partial charge on any atom is -0.484 e. The lowest BCUT2D eigenvalue weighted by atomic mass is 10.0. The Morgan fingerprint density at radius 3 is 2.57 bits per heavy atom. The van der Waals surface area contributed by atoms with Crippen LogP contribution in [0.3, 0.4) is 0 Å². The summed E-state index contributed by atoms with van der Waals surface area (Å²) in [5.41, 5.74) is 1.01. The molecule has 0 saturated heterocycles. The molecule has 5 nitrogen and oxygen atoms in total. The molecule has 0 aliphatic carbocycles. The van der Waals surface area contributed by atoms with Crippen molar-refractivity contribution in [1.82, 2.24) is 10.3 Å². The van der Waals surface area contributed by atoms with Crippen molar-refractivity contribution in [2.75, 3.05) is 6.61 Å². The molecule has 0 fully saturated rings. The third-order valence-electron chi connectivity index (χ3n) is 4.05. The van der Waals surface area contributed by atoms with Gasteiger partial charge in [-0.15, -0.1) is 0 Å². The highest BCUT2D eigenvalue weighted by atomic mass is 35.5. The molecule has 2 aromatic carbocycles. The van der Waals surface area contributed by atoms with Crippen molar-refractivity contribution in [2.24, 2.45) is 0 Å². The first-order valence-corrected chi connectivity index (χ1v) is 9.38. The summed E-state index contributed by atoms with van der Waals surface area (Å²) >= 11 is 5.93. The second-order valence-corrected chi connectivity index (χ2v) is 6.55. The molecule has 3 aromatic rings. The number of aromatic nitrogens is 1. The van der Waals surface area contributed by atoms with E-state index in [0.29, 0.717) is 22.4 Å². The summed E-state index contributed by atoms with van der Waals surface area (Å²) in [6.45, 7) is 1.93. The summed E-state index contributed by atoms with van der Waals surface area (Å²) < 4.78 is 11.3. The molecule has 0 aliphatic heterocycles. The van der Waals surface area contributed by atoms with Gasteiger partial charge < -0.3 is 14.8 Å². The van der Waals surface area contributed by atoms with E-state index < -0.39 is 0 Å². The van der Waals surface area contributed by atoms with Crippen molar-refractivity contribution in [3.05, 3.63) is 83.5 Å². The molecule has 3 rings (SSSR count). The molecule has 1 amide bonds. The Labute approximate surface area is 169 Å². The van der Waals surface area contributed by atoms with Crippen LogP contribution in [0, 0.1) is 0 Å². The molecule has 144 valence electrons. The number of nitrogens with zero attached hydrogens (tertiary/aromatic N) is 1. The predicted molar refractivity (Wildman–Crippen MR) is 109 cm³/mol. The maximum atomic E-state index is 12.3. The van der Waals surface area contributed by atoms with Crippen LogP contribution in [-0.4, -0.2) is 17.5 Å². The molecule has 0 saturated carbocycles. The quantitative estimate of drug-likeness (QED) is 0.570. The molecule has 0 spiro atoms. The van der Waals surface area contributed by atoms with Gasteiger partial charge in [0.05, 0.1) is 6.04 Å². The Morgan fingerprint density at radius 2 is 1.86 bits per heavy atom. The first-order valence-electron chi connectivity index (χ1n) is 9.00. The van der Waals surface area contributed by atoms with Crippen LogP contribution >= 0.6 is 11.6 Å². The number of pyridine rings is 1. The van der Waals surface area contributed by atoms with Crippen molar-refractivity contribution in [3.8, 4) is 17.4 Å². The topological polar surface area (TPSA) is 60.5 Å². The van der Waals surface area contributed by atoms with E-state index in [4.69, 9.17) is 21.1 Å². The minimum absolute atomic E-state index is 0.0862. The van der Waals surface area contributed by atoms with Crippen LogP contribution in [0.15, 0.2) is 72.9 Å². The van der Waals surface area contributed by atoms with Crippen LogP contribution in [0.25, 0.3) is 0 Å². The van der Waals surface area contributed by atoms with Crippen LogP contribution in [0.5, 0.6) is 17.4 Å². The second kappa shape index (κ2) is 9.76. The summed E-state index contributed by atoms with van der Waals surface area (Å²) in [5, 5.41) is 3.65. The lowest BCUT2D eigenvalue weighted by Gasteiger charge is -2.18. The van der Waals surface area contributed by atoms with Gasteiger partial charge in [0.25, 0.3) is 5.91 Å². The minimum atomic E-state index is -0.196. The zero-order valence-electron chi connectivity index (χ0n) is 15.5. The Bertz CT molecular complexity index is 901. The number of nitrogens with one attached hydrogen (secondary N) is 1. The van der Waals surface area contributed by atoms with Crippen LogP contribution in [-0.2, 0) is 4.79 Å². The summed E-state index contributed by atoms with van der Waals surface area (Å²) in [5.74, 6) is 1.43. The fourth-order valence-corrected chi connectivity index (χ4v) is 2.78. The molecule has 1 unspecified atom stereocenters. The van der Waals surface area contributed by atoms with Gasteiger partial charge in [0.15, 0.2) is 6.61 Å². The van der Waals surface area contributed by atoms with Gasteiger partial charge in [-0.2, -0.15) is 0 Å². The van der Waals surface area contributed by atoms with Crippen molar-refractivity contribution < 1.29 is 14.3 Å². The van der Waals surface area contributed by atoms with Crippen LogP contribution in [0.2, 0.25) is 5.02 Å². The molecule has 1 N–H and O–H groups in total. The molecule has 1 heterocycles. The van der Waals surface area contributed by atoms with Gasteiger partial charge in [-0.3, -0.25) is 4.79 Å². The zero-order chi connectivity index (χ0) is 19.8. The molecule has 0 bridgehead atoms. The van der Waals surface area contributed by atoms with Crippen LogP contribution in [0.1, 0.15) is 24.9 Å². The van der Waals surface area contributed by atoms with Crippen LogP contribution < -0.4 is 14.8 Å². The number of hydrogen-bond acceptors (Lipinski definition) is 4. The highest BCUT2D eigenvalue weighted by molar-refractivity contribution is 6.30. The molecule has 1 aromatic heterocycles. The van der Waals surface area contributed by atoms with E-state index in [1.54, 1.807) is 36.5 Å². The predicted octanol–water partition coefficient (Wildman–Crippen LogP) is 5.17. The normalized spacial score (nSPS) is 11.5. The van der Waals surface area contributed by atoms with Crippen molar-refractivity contribution >= 4 is 17.5 Å². The van der Waals surface area contributed by atoms with Crippen LogP contribution in [0.4, 0.5) is 0 Å². The van der Waals surface area contributed by atoms with E-state index >= 15 is 0 Å². The van der Waals surface area contributed by atoms with Crippen molar-refractivity contribution in [2.45, 2.75) is 19.4 Å². The average Bonchev–Trinajstić information content (AvgIpc) is 2.72. The molecule has 0 radical (unpaired) electrons. The Morgan fingerprint density at radius 1 is 1.07 bits per heavy atom. The standard InChI is InChI=1S/C22H21ClN2O3/c1-2-20(16-9-11-17(23)12-10-16)25-21(26)15-27-18-6-5-7-19(14-18)28-22-8-3-4-13-24-22/h3-14,20H,2,15H2,1H3,(H,25,26). The Hall–Kier alpha value is -3.05. The van der Waals surface area contributed by atoms with E-state index in [-0.39, 0.29) is 18.6 Å². The monoisotopic (exact) mass is 396 g/mol. The number of halogens is 1. The number of rotatable bonds is 8. The third kappa shape index (κ3) is 5.72. The summed E-state index contributed by atoms with van der Waals surface area (Å²) in [7, 11) is 0. The fourth-order valence-electron chi connectivity index (χ4n) is 2.66. The van der Waals surface area contributed by atoms with E-state index in [2.05, 4.69) is 10.3 Å². The highest BCUT2D eigenvalue weighted by Crippen LogP contribution is 2.24. The van der Waals surface area contributed by atoms with Crippen molar-refractivity contribution in [1.29, 1.82) is 0 Å². The number of benzene rings is 2. The van der Waals surface area contributed by atoms with Gasteiger partial charge in [0, 0.05) is 23.4 Å². The summed E-state index contributed by atoms with van der Waals surface area (Å²) in [6.07, 6.45) is 2.42. The number of ether oxygens (including phenoxy) is 2. The second-order valence-electron chi connectivity index (χ2n) is 6.11. The van der Waals surface area contributed by atoms with E-state index in [0.717, 1.165) is 12.0 Å². The largest absolute Gasteiger partial charge is 0.484 e. The van der Waals surface area contributed by atoms with Gasteiger partial charge in [-0.05, 0) is 42.3 Å². The maximum Gasteiger partial charge on any atom is 0.258 e. The summed E-state index contributed by atoms with van der Waals surface area (Å²) in [4.78, 5) is 16.4. The maximum absolute atomic E-state index is 12.3. The number of carbonyl (C=O) groups excluding carboxylic acids is 1. The SMILES string of the molecule is CCC(NC(=O)COc1cccc(Oc2ccccn2)c1)c1ccc(Cl)cc1. The lowest BCUT2D eigenvalue weighted by molar-refractivity contribution is -0.123. The van der Waals surface area contributed by atoms with Gasteiger partial charge >= 0.3 is 0 Å². The van der Waals surface area contributed by atoms with Crippen molar-refractivity contribution in [3.63, 3.8) is 0 Å². The first kappa shape index (κ1) is 19.7. The molecule has 0 aliphatic rings. The summed E-state index contributed by atoms with van der Waals surface area (Å²) in [6, 6.07) is 19.9. The average molecular weight is 397 g/mol. The molecule has 28 heavy (non-hydrogen) atoms. The van der Waals surface area contributed by atoms with E-state index in [1.807, 2.05) is 43.3 Å². The smallest absolute Gasteiger partial charge is 0.258 e. The lowest BCUT2D eigenvalue weighted by Crippen LogP contribution is -2.32. The van der Waals surface area contributed by atoms with Gasteiger partial charge in [0.1, 0.15) is 11.5 Å². The molecule has 6 heteroatoms. The third-order valence-corrected chi connectivity index (χ3v) is 4.30. The highest BCUT2D eigenvalue weighted by Gasteiger charge is 2.13. The molecular weight excluding hydrogens is 376 g/mol. The number of hydrogen-bond donors (Lipinski definition) is 1. The molecule has 1 atom stereocenters. The van der Waals surface area contributed by atoms with E-state index in [1.165, 1.54) is 0 Å². The van der Waals surface area contributed by atoms with Gasteiger partial charge in [0.2, 0.25) is 5.88 Å². The number of amides is 1. The van der Waals surface area contributed by atoms with Gasteiger partial charge in [-0.1, -0.05) is 42.8 Å². The van der Waals surface area contributed by atoms with Gasteiger partial charge in [-0.25, -0.2) is 4.98 Å². The first-order chi connectivity index (χ1) is 13.6.